The second kappa shape index (κ2) is 16.6. The highest BCUT2D eigenvalue weighted by molar-refractivity contribution is 5.90. The van der Waals surface area contributed by atoms with Crippen LogP contribution in [0.5, 0.6) is 0 Å². The number of nitrogens with zero attached hydrogens (tertiary/aromatic N) is 6. The van der Waals surface area contributed by atoms with Gasteiger partial charge in [-0.1, -0.05) is 172 Å². The van der Waals surface area contributed by atoms with E-state index >= 15 is 0 Å². The van der Waals surface area contributed by atoms with Crippen LogP contribution in [0.4, 0.5) is 0 Å². The SMILES string of the molecule is CCC(C)c1c(-c2ccc(-c3nc(-c4ccccc4)nc(-c4ccccc4)n3)cc2-c2ccccn2)cccc1-c1nc(-c2ccccc2)nc(-c2ccccc2)c1C. The number of aromatic nitrogens is 6. The molecule has 3 aromatic heterocycles. The van der Waals surface area contributed by atoms with Crippen molar-refractivity contribution in [3.63, 3.8) is 0 Å². The number of benzene rings is 6. The van der Waals surface area contributed by atoms with Crippen LogP contribution in [0, 0.1) is 6.92 Å². The van der Waals surface area contributed by atoms with E-state index in [1.54, 1.807) is 0 Å². The van der Waals surface area contributed by atoms with Crippen LogP contribution in [0.3, 0.4) is 0 Å². The first kappa shape index (κ1) is 37.2. The Labute approximate surface area is 345 Å². The standard InChI is InChI=1S/C53H42N6/c1-4-35(2)47-43(28-19-29-44(47)49-36(3)48(37-20-9-5-10-21-37)55-50(56-49)38-22-11-6-12-23-38)42-32-31-41(34-45(42)46-30-17-18-33-54-46)53-58-51(39-24-13-7-14-25-39)57-52(59-53)40-26-15-8-16-27-40/h5-35H,4H2,1-3H3. The van der Waals surface area contributed by atoms with Crippen molar-refractivity contribution < 1.29 is 0 Å². The van der Waals surface area contributed by atoms with Crippen LogP contribution in [0.25, 0.3) is 90.5 Å². The van der Waals surface area contributed by atoms with Gasteiger partial charge in [0.1, 0.15) is 0 Å². The van der Waals surface area contributed by atoms with Crippen molar-refractivity contribution in [2.24, 2.45) is 0 Å². The normalized spacial score (nSPS) is 11.6. The van der Waals surface area contributed by atoms with E-state index in [1.807, 2.05) is 103 Å². The van der Waals surface area contributed by atoms with Crippen LogP contribution in [0.1, 0.15) is 37.3 Å². The van der Waals surface area contributed by atoms with Gasteiger partial charge in [-0.25, -0.2) is 24.9 Å². The maximum atomic E-state index is 5.37. The fraction of sp³-hybridized carbons (Fsp3) is 0.0943. The lowest BCUT2D eigenvalue weighted by Crippen LogP contribution is -2.05. The van der Waals surface area contributed by atoms with Crippen molar-refractivity contribution in [3.8, 4) is 90.5 Å². The van der Waals surface area contributed by atoms with Crippen molar-refractivity contribution >= 4 is 0 Å². The molecule has 6 heteroatoms. The van der Waals surface area contributed by atoms with E-state index in [0.717, 1.165) is 79.1 Å². The lowest BCUT2D eigenvalue weighted by atomic mass is 9.82. The van der Waals surface area contributed by atoms with Crippen LogP contribution in [0.15, 0.2) is 182 Å². The smallest absolute Gasteiger partial charge is 0.164 e. The molecule has 59 heavy (non-hydrogen) atoms. The highest BCUT2D eigenvalue weighted by Gasteiger charge is 2.24. The zero-order valence-corrected chi connectivity index (χ0v) is 33.3. The van der Waals surface area contributed by atoms with Gasteiger partial charge in [0.15, 0.2) is 23.3 Å². The van der Waals surface area contributed by atoms with Gasteiger partial charge in [-0.2, -0.15) is 0 Å². The predicted octanol–water partition coefficient (Wildman–Crippen LogP) is 13.2. The molecule has 1 unspecified atom stereocenters. The van der Waals surface area contributed by atoms with Gasteiger partial charge >= 0.3 is 0 Å². The minimum Gasteiger partial charge on any atom is -0.256 e. The summed E-state index contributed by atoms with van der Waals surface area (Å²) >= 11 is 0. The third-order valence-electron chi connectivity index (χ3n) is 10.9. The third kappa shape index (κ3) is 7.56. The average molecular weight is 763 g/mol. The quantitative estimate of drug-likeness (QED) is 0.138. The van der Waals surface area contributed by atoms with E-state index in [-0.39, 0.29) is 5.92 Å². The molecular weight excluding hydrogens is 721 g/mol. The minimum atomic E-state index is 0.206. The second-order valence-electron chi connectivity index (χ2n) is 14.7. The second-order valence-corrected chi connectivity index (χ2v) is 14.7. The van der Waals surface area contributed by atoms with E-state index < -0.39 is 0 Å². The summed E-state index contributed by atoms with van der Waals surface area (Å²) in [6.45, 7) is 6.71. The Balaban J connectivity index is 1.26. The molecule has 9 rings (SSSR count). The van der Waals surface area contributed by atoms with Crippen molar-refractivity contribution in [2.45, 2.75) is 33.1 Å². The molecule has 0 aliphatic rings. The van der Waals surface area contributed by atoms with Crippen LogP contribution < -0.4 is 0 Å². The van der Waals surface area contributed by atoms with Crippen molar-refractivity contribution in [1.29, 1.82) is 0 Å². The van der Waals surface area contributed by atoms with Crippen LogP contribution in [-0.4, -0.2) is 29.9 Å². The summed E-state index contributed by atoms with van der Waals surface area (Å²) in [5, 5.41) is 0. The maximum Gasteiger partial charge on any atom is 0.164 e. The fourth-order valence-corrected chi connectivity index (χ4v) is 7.70. The number of hydrogen-bond acceptors (Lipinski definition) is 6. The third-order valence-corrected chi connectivity index (χ3v) is 10.9. The molecule has 284 valence electrons. The molecule has 0 fully saturated rings. The number of rotatable bonds is 10. The van der Waals surface area contributed by atoms with Gasteiger partial charge in [-0.15, -0.1) is 0 Å². The topological polar surface area (TPSA) is 77.3 Å². The molecule has 9 aromatic rings. The molecule has 0 amide bonds. The summed E-state index contributed by atoms with van der Waals surface area (Å²) in [5.41, 5.74) is 14.0. The zero-order valence-electron chi connectivity index (χ0n) is 33.3. The summed E-state index contributed by atoms with van der Waals surface area (Å²) in [7, 11) is 0. The van der Waals surface area contributed by atoms with Crippen molar-refractivity contribution in [1.82, 2.24) is 29.9 Å². The minimum absolute atomic E-state index is 0.206. The Morgan fingerprint density at radius 1 is 0.407 bits per heavy atom. The summed E-state index contributed by atoms with van der Waals surface area (Å²) in [5.74, 6) is 2.74. The first-order valence-corrected chi connectivity index (χ1v) is 20.1. The predicted molar refractivity (Wildman–Crippen MR) is 240 cm³/mol. The van der Waals surface area contributed by atoms with Gasteiger partial charge in [-0.3, -0.25) is 4.98 Å². The van der Waals surface area contributed by atoms with E-state index in [4.69, 9.17) is 29.9 Å². The summed E-state index contributed by atoms with van der Waals surface area (Å²) in [6, 6.07) is 60.0. The summed E-state index contributed by atoms with van der Waals surface area (Å²) in [4.78, 5) is 30.5. The first-order chi connectivity index (χ1) is 29.1. The molecule has 0 bridgehead atoms. The molecule has 6 nitrogen and oxygen atoms in total. The molecule has 0 saturated heterocycles. The Bertz CT molecular complexity index is 2810. The van der Waals surface area contributed by atoms with Gasteiger partial charge < -0.3 is 0 Å². The van der Waals surface area contributed by atoms with E-state index in [0.29, 0.717) is 23.3 Å². The van der Waals surface area contributed by atoms with E-state index in [2.05, 4.69) is 99.6 Å². The maximum absolute atomic E-state index is 5.37. The Morgan fingerprint density at radius 3 is 1.44 bits per heavy atom. The van der Waals surface area contributed by atoms with E-state index in [9.17, 15) is 0 Å². The molecule has 6 aromatic carbocycles. The molecule has 3 heterocycles. The molecule has 0 aliphatic heterocycles. The Morgan fingerprint density at radius 2 is 0.898 bits per heavy atom. The van der Waals surface area contributed by atoms with Crippen molar-refractivity contribution in [3.05, 3.63) is 193 Å². The Kier molecular flexibility index (Phi) is 10.4. The molecule has 0 radical (unpaired) electrons. The van der Waals surface area contributed by atoms with Gasteiger partial charge in [0.25, 0.3) is 0 Å². The highest BCUT2D eigenvalue weighted by atomic mass is 15.0. The number of hydrogen-bond donors (Lipinski definition) is 0. The largest absolute Gasteiger partial charge is 0.256 e. The van der Waals surface area contributed by atoms with Gasteiger partial charge in [0.2, 0.25) is 0 Å². The molecule has 0 spiro atoms. The molecule has 0 aliphatic carbocycles. The summed E-state index contributed by atoms with van der Waals surface area (Å²) in [6.07, 6.45) is 2.79. The lowest BCUT2D eigenvalue weighted by molar-refractivity contribution is 0.736. The monoisotopic (exact) mass is 762 g/mol. The molecule has 1 atom stereocenters. The highest BCUT2D eigenvalue weighted by Crippen LogP contribution is 2.44. The molecule has 0 saturated carbocycles. The average Bonchev–Trinajstić information content (AvgIpc) is 3.32. The lowest BCUT2D eigenvalue weighted by Gasteiger charge is -2.23. The van der Waals surface area contributed by atoms with E-state index in [1.165, 1.54) is 5.56 Å². The van der Waals surface area contributed by atoms with Crippen molar-refractivity contribution in [2.75, 3.05) is 0 Å². The van der Waals surface area contributed by atoms with Crippen LogP contribution in [-0.2, 0) is 0 Å². The molecular formula is C53H42N6. The first-order valence-electron chi connectivity index (χ1n) is 20.1. The van der Waals surface area contributed by atoms with Crippen LogP contribution >= 0.6 is 0 Å². The van der Waals surface area contributed by atoms with Crippen LogP contribution in [0.2, 0.25) is 0 Å². The fourth-order valence-electron chi connectivity index (χ4n) is 7.70. The summed E-state index contributed by atoms with van der Waals surface area (Å²) < 4.78 is 0. The Hall–Kier alpha value is -7.44. The number of pyridine rings is 1. The molecule has 0 N–H and O–H groups in total. The van der Waals surface area contributed by atoms with Gasteiger partial charge in [0, 0.05) is 50.7 Å². The van der Waals surface area contributed by atoms with Gasteiger partial charge in [0.05, 0.1) is 17.1 Å². The van der Waals surface area contributed by atoms with Gasteiger partial charge in [-0.05, 0) is 54.2 Å². The zero-order chi connectivity index (χ0) is 40.1.